The van der Waals surface area contributed by atoms with E-state index in [9.17, 15) is 19.7 Å². The van der Waals surface area contributed by atoms with Crippen LogP contribution in [0.25, 0.3) is 0 Å². The van der Waals surface area contributed by atoms with E-state index >= 15 is 0 Å². The van der Waals surface area contributed by atoms with Gasteiger partial charge < -0.3 is 20.1 Å². The number of amides is 2. The molecule has 0 spiro atoms. The van der Waals surface area contributed by atoms with Gasteiger partial charge in [-0.1, -0.05) is 5.16 Å². The maximum atomic E-state index is 12.5. The summed E-state index contributed by atoms with van der Waals surface area (Å²) in [6, 6.07) is 6.05. The van der Waals surface area contributed by atoms with Crippen molar-refractivity contribution in [2.45, 2.75) is 25.8 Å². The third-order valence-electron chi connectivity index (χ3n) is 4.00. The van der Waals surface area contributed by atoms with Crippen LogP contribution in [0.5, 0.6) is 0 Å². The van der Waals surface area contributed by atoms with Gasteiger partial charge in [0.05, 0.1) is 11.5 Å². The van der Waals surface area contributed by atoms with Crippen molar-refractivity contribution in [3.8, 4) is 0 Å². The number of carbonyl (C=O) groups is 2. The normalized spacial score (nSPS) is 13.1. The van der Waals surface area contributed by atoms with Crippen LogP contribution in [0.4, 0.5) is 17.2 Å². The molecule has 10 nitrogen and oxygen atoms in total. The monoisotopic (exact) mass is 373 g/mol. The summed E-state index contributed by atoms with van der Waals surface area (Å²) in [5.74, 6) is -0.158. The van der Waals surface area contributed by atoms with Crippen LogP contribution in [-0.2, 0) is 4.79 Å². The van der Waals surface area contributed by atoms with Crippen molar-refractivity contribution in [2.24, 2.45) is 0 Å². The van der Waals surface area contributed by atoms with E-state index in [0.29, 0.717) is 11.4 Å². The maximum Gasteiger partial charge on any atom is 0.293 e. The minimum Gasteiger partial charge on any atom is -0.377 e. The van der Waals surface area contributed by atoms with E-state index in [-0.39, 0.29) is 29.7 Å². The Morgan fingerprint density at radius 1 is 1.37 bits per heavy atom. The second kappa shape index (κ2) is 7.44. The Hall–Kier alpha value is -3.43. The van der Waals surface area contributed by atoms with Crippen molar-refractivity contribution in [1.29, 1.82) is 0 Å². The van der Waals surface area contributed by atoms with Crippen molar-refractivity contribution < 1.29 is 19.0 Å². The maximum absolute atomic E-state index is 12.5. The SMILES string of the molecule is Cc1cc(NC(=O)CN(C)C(=O)c2ccc(NC3CC3)c([N+](=O)[O-])c2)no1. The third-order valence-corrected chi connectivity index (χ3v) is 4.00. The van der Waals surface area contributed by atoms with E-state index in [0.717, 1.165) is 12.8 Å². The first-order valence-electron chi connectivity index (χ1n) is 8.37. The molecule has 1 aliphatic rings. The lowest BCUT2D eigenvalue weighted by Gasteiger charge is -2.16. The third kappa shape index (κ3) is 4.60. The molecule has 1 aromatic carbocycles. The van der Waals surface area contributed by atoms with Gasteiger partial charge in [0, 0.05) is 30.8 Å². The van der Waals surface area contributed by atoms with Crippen molar-refractivity contribution in [2.75, 3.05) is 24.2 Å². The van der Waals surface area contributed by atoms with E-state index < -0.39 is 16.7 Å². The number of hydrogen-bond donors (Lipinski definition) is 2. The summed E-state index contributed by atoms with van der Waals surface area (Å²) in [5, 5.41) is 20.5. The number of aromatic nitrogens is 1. The molecule has 2 amide bonds. The van der Waals surface area contributed by atoms with E-state index in [1.54, 1.807) is 13.0 Å². The Labute approximate surface area is 154 Å². The average molecular weight is 373 g/mol. The summed E-state index contributed by atoms with van der Waals surface area (Å²) < 4.78 is 4.85. The number of rotatable bonds is 7. The van der Waals surface area contributed by atoms with Gasteiger partial charge in [0.1, 0.15) is 11.4 Å². The van der Waals surface area contributed by atoms with Gasteiger partial charge in [-0.3, -0.25) is 19.7 Å². The van der Waals surface area contributed by atoms with Crippen molar-refractivity contribution in [3.05, 3.63) is 45.7 Å². The number of aryl methyl sites for hydroxylation is 1. The predicted octanol–water partition coefficient (Wildman–Crippen LogP) is 2.18. The Bertz CT molecular complexity index is 890. The number of anilines is 2. The highest BCUT2D eigenvalue weighted by Gasteiger charge is 2.26. The number of nitro groups is 1. The number of benzene rings is 1. The van der Waals surface area contributed by atoms with Crippen molar-refractivity contribution in [1.82, 2.24) is 10.1 Å². The van der Waals surface area contributed by atoms with Gasteiger partial charge in [0.15, 0.2) is 5.82 Å². The first-order valence-corrected chi connectivity index (χ1v) is 8.37. The number of nitrogens with zero attached hydrogens (tertiary/aromatic N) is 3. The molecule has 0 bridgehead atoms. The molecule has 0 atom stereocenters. The topological polar surface area (TPSA) is 131 Å². The molecular formula is C17H19N5O5. The fourth-order valence-corrected chi connectivity index (χ4v) is 2.50. The van der Waals surface area contributed by atoms with Crippen LogP contribution in [-0.4, -0.2) is 46.4 Å². The van der Waals surface area contributed by atoms with Gasteiger partial charge >= 0.3 is 0 Å². The quantitative estimate of drug-likeness (QED) is 0.562. The summed E-state index contributed by atoms with van der Waals surface area (Å²) in [5.41, 5.74) is 0.361. The summed E-state index contributed by atoms with van der Waals surface area (Å²) in [7, 11) is 1.44. The average Bonchev–Trinajstić information content (AvgIpc) is 3.34. The summed E-state index contributed by atoms with van der Waals surface area (Å²) in [6.07, 6.45) is 1.95. The lowest BCUT2D eigenvalue weighted by molar-refractivity contribution is -0.384. The molecule has 27 heavy (non-hydrogen) atoms. The highest BCUT2D eigenvalue weighted by atomic mass is 16.6. The molecule has 0 unspecified atom stereocenters. The molecule has 2 N–H and O–H groups in total. The van der Waals surface area contributed by atoms with E-state index in [1.165, 1.54) is 30.1 Å². The minimum atomic E-state index is -0.527. The number of carbonyl (C=O) groups excluding carboxylic acids is 2. The highest BCUT2D eigenvalue weighted by Crippen LogP contribution is 2.31. The van der Waals surface area contributed by atoms with E-state index in [4.69, 9.17) is 4.52 Å². The van der Waals surface area contributed by atoms with Crippen LogP contribution in [0.3, 0.4) is 0 Å². The zero-order valence-corrected chi connectivity index (χ0v) is 14.9. The number of hydrogen-bond acceptors (Lipinski definition) is 7. The summed E-state index contributed by atoms with van der Waals surface area (Å²) in [6.45, 7) is 1.45. The zero-order valence-electron chi connectivity index (χ0n) is 14.9. The fourth-order valence-electron chi connectivity index (χ4n) is 2.50. The number of nitrogens with one attached hydrogen (secondary N) is 2. The van der Waals surface area contributed by atoms with Crippen LogP contribution < -0.4 is 10.6 Å². The largest absolute Gasteiger partial charge is 0.377 e. The van der Waals surface area contributed by atoms with Crippen LogP contribution in [0.2, 0.25) is 0 Å². The lowest BCUT2D eigenvalue weighted by Crippen LogP contribution is -2.35. The van der Waals surface area contributed by atoms with Crippen LogP contribution >= 0.6 is 0 Å². The van der Waals surface area contributed by atoms with Crippen molar-refractivity contribution in [3.63, 3.8) is 0 Å². The molecule has 1 aromatic heterocycles. The Morgan fingerprint density at radius 3 is 2.70 bits per heavy atom. The standard InChI is InChI=1S/C17H19N5O5/c1-10-7-15(20-27-10)19-16(23)9-21(2)17(24)11-3-6-13(18-12-4-5-12)14(8-11)22(25)26/h3,6-8,12,18H,4-5,9H2,1-2H3,(H,19,20,23). The molecule has 0 saturated heterocycles. The molecule has 1 fully saturated rings. The number of likely N-dealkylation sites (N-methyl/N-ethyl adjacent to an activating group) is 1. The molecule has 0 radical (unpaired) electrons. The minimum absolute atomic E-state index is 0.135. The molecule has 142 valence electrons. The van der Waals surface area contributed by atoms with Gasteiger partial charge in [-0.25, -0.2) is 0 Å². The molecule has 10 heteroatoms. The lowest BCUT2D eigenvalue weighted by atomic mass is 10.1. The number of nitro benzene ring substituents is 1. The van der Waals surface area contributed by atoms with Gasteiger partial charge in [-0.05, 0) is 31.9 Å². The molecule has 0 aliphatic heterocycles. The molecule has 1 saturated carbocycles. The highest BCUT2D eigenvalue weighted by molar-refractivity contribution is 5.99. The summed E-state index contributed by atoms with van der Waals surface area (Å²) >= 11 is 0. The van der Waals surface area contributed by atoms with Gasteiger partial charge in [0.2, 0.25) is 5.91 Å². The fraction of sp³-hybridized carbons (Fsp3) is 0.353. The van der Waals surface area contributed by atoms with Crippen LogP contribution in [0.15, 0.2) is 28.8 Å². The summed E-state index contributed by atoms with van der Waals surface area (Å²) in [4.78, 5) is 36.5. The molecule has 3 rings (SSSR count). The Morgan fingerprint density at radius 2 is 2.11 bits per heavy atom. The van der Waals surface area contributed by atoms with Gasteiger partial charge in [-0.2, -0.15) is 0 Å². The van der Waals surface area contributed by atoms with E-state index in [2.05, 4.69) is 15.8 Å². The van der Waals surface area contributed by atoms with Crippen LogP contribution in [0, 0.1) is 17.0 Å². The molecule has 1 heterocycles. The Kier molecular flexibility index (Phi) is 5.06. The second-order valence-electron chi connectivity index (χ2n) is 6.44. The Balaban J connectivity index is 1.67. The molecule has 2 aromatic rings. The van der Waals surface area contributed by atoms with Gasteiger partial charge in [-0.15, -0.1) is 0 Å². The van der Waals surface area contributed by atoms with Crippen LogP contribution in [0.1, 0.15) is 29.0 Å². The van der Waals surface area contributed by atoms with Gasteiger partial charge in [0.25, 0.3) is 11.6 Å². The van der Waals surface area contributed by atoms with E-state index in [1.807, 2.05) is 0 Å². The molecule has 1 aliphatic carbocycles. The first kappa shape index (κ1) is 18.4. The second-order valence-corrected chi connectivity index (χ2v) is 6.44. The smallest absolute Gasteiger partial charge is 0.293 e. The predicted molar refractivity (Wildman–Crippen MR) is 96.6 cm³/mol. The van der Waals surface area contributed by atoms with Crippen molar-refractivity contribution >= 4 is 29.0 Å². The molecular weight excluding hydrogens is 354 g/mol. The zero-order chi connectivity index (χ0) is 19.6. The first-order chi connectivity index (χ1) is 12.8.